The minimum atomic E-state index is -4.76. The summed E-state index contributed by atoms with van der Waals surface area (Å²) in [5.74, 6) is 0.518. The zero-order chi connectivity index (χ0) is 28.2. The highest BCUT2D eigenvalue weighted by Crippen LogP contribution is 2.42. The van der Waals surface area contributed by atoms with Crippen LogP contribution in [-0.2, 0) is 9.47 Å². The molecule has 4 rings (SSSR count). The monoisotopic (exact) mass is 561 g/mol. The molecule has 0 aliphatic rings. The maximum atomic E-state index is 12.5. The van der Waals surface area contributed by atoms with E-state index >= 15 is 0 Å². The summed E-state index contributed by atoms with van der Waals surface area (Å²) in [5, 5.41) is 0.907. The third-order valence-corrected chi connectivity index (χ3v) is 5.92. The average molecular weight is 562 g/mol. The molecule has 0 saturated heterocycles. The number of benzene rings is 3. The summed E-state index contributed by atoms with van der Waals surface area (Å²) in [4.78, 5) is 16.4. The molecule has 0 unspecified atom stereocenters. The molecule has 11 heteroatoms. The molecule has 0 bridgehead atoms. The van der Waals surface area contributed by atoms with Crippen LogP contribution in [0.2, 0.25) is 5.02 Å². The molecule has 0 fully saturated rings. The smallest absolute Gasteiger partial charge is 0.495 e. The lowest BCUT2D eigenvalue weighted by Gasteiger charge is -2.18. The highest BCUT2D eigenvalue weighted by atomic mass is 35.5. The summed E-state index contributed by atoms with van der Waals surface area (Å²) >= 11 is 6.39. The number of aromatic nitrogens is 1. The van der Waals surface area contributed by atoms with Crippen LogP contribution in [-0.4, -0.2) is 38.0 Å². The molecular formula is C28H23ClF3NO6. The zero-order valence-corrected chi connectivity index (χ0v) is 21.9. The summed E-state index contributed by atoms with van der Waals surface area (Å²) in [7, 11) is 1.50. The van der Waals surface area contributed by atoms with E-state index in [-0.39, 0.29) is 12.4 Å². The van der Waals surface area contributed by atoms with Gasteiger partial charge in [-0.05, 0) is 48.7 Å². The maximum absolute atomic E-state index is 12.5. The van der Waals surface area contributed by atoms with Crippen LogP contribution in [0.3, 0.4) is 0 Å². The molecule has 0 spiro atoms. The van der Waals surface area contributed by atoms with E-state index in [2.05, 4.69) is 4.74 Å². The molecule has 0 radical (unpaired) electrons. The van der Waals surface area contributed by atoms with Gasteiger partial charge in [-0.2, -0.15) is 0 Å². The van der Waals surface area contributed by atoms with Gasteiger partial charge in [0.25, 0.3) is 0 Å². The third kappa shape index (κ3) is 6.64. The van der Waals surface area contributed by atoms with E-state index in [9.17, 15) is 18.0 Å². The zero-order valence-electron chi connectivity index (χ0n) is 21.1. The number of alkyl halides is 3. The molecule has 39 heavy (non-hydrogen) atoms. The summed E-state index contributed by atoms with van der Waals surface area (Å²) in [6.45, 7) is 3.20. The molecule has 7 nitrogen and oxygen atoms in total. The van der Waals surface area contributed by atoms with Gasteiger partial charge >= 0.3 is 12.5 Å². The number of carbonyl (C=O) groups excluding carboxylic acids is 1. The van der Waals surface area contributed by atoms with Crippen molar-refractivity contribution in [2.45, 2.75) is 20.2 Å². The molecule has 4 aromatic rings. The highest BCUT2D eigenvalue weighted by molar-refractivity contribution is 6.33. The number of halogens is 4. The van der Waals surface area contributed by atoms with Crippen LogP contribution in [0, 0.1) is 6.92 Å². The number of pyridine rings is 1. The second-order valence-corrected chi connectivity index (χ2v) is 8.55. The number of rotatable bonds is 8. The molecule has 0 atom stereocenters. The Hall–Kier alpha value is -4.18. The Morgan fingerprint density at radius 3 is 2.15 bits per heavy atom. The number of fused-ring (bicyclic) bond motifs is 1. The van der Waals surface area contributed by atoms with E-state index in [1.165, 1.54) is 31.4 Å². The summed E-state index contributed by atoms with van der Waals surface area (Å²) in [6, 6.07) is 16.2. The molecular weight excluding hydrogens is 539 g/mol. The van der Waals surface area contributed by atoms with Gasteiger partial charge in [0.1, 0.15) is 17.2 Å². The van der Waals surface area contributed by atoms with Gasteiger partial charge in [0, 0.05) is 22.7 Å². The summed E-state index contributed by atoms with van der Waals surface area (Å²) in [6.07, 6.45) is -5.63. The van der Waals surface area contributed by atoms with E-state index in [0.29, 0.717) is 44.2 Å². The van der Waals surface area contributed by atoms with Crippen molar-refractivity contribution in [3.05, 3.63) is 71.4 Å². The fraction of sp³-hybridized carbons (Fsp3) is 0.214. The minimum absolute atomic E-state index is 0.154. The van der Waals surface area contributed by atoms with E-state index in [1.54, 1.807) is 19.1 Å². The lowest BCUT2D eigenvalue weighted by Crippen LogP contribution is -2.16. The lowest BCUT2D eigenvalue weighted by atomic mass is 9.97. The Morgan fingerprint density at radius 2 is 1.56 bits per heavy atom. The summed E-state index contributed by atoms with van der Waals surface area (Å²) in [5.41, 5.74) is 4.02. The predicted molar refractivity (Wildman–Crippen MR) is 139 cm³/mol. The highest BCUT2D eigenvalue weighted by Gasteiger charge is 2.31. The second kappa shape index (κ2) is 11.7. The minimum Gasteiger partial charge on any atom is -0.495 e. The van der Waals surface area contributed by atoms with Gasteiger partial charge in [0.05, 0.1) is 24.3 Å². The Morgan fingerprint density at radius 1 is 0.949 bits per heavy atom. The number of carbonyl (C=O) groups is 1. The van der Waals surface area contributed by atoms with Gasteiger partial charge in [-0.25, -0.2) is 4.79 Å². The van der Waals surface area contributed by atoms with Crippen molar-refractivity contribution in [1.82, 2.24) is 4.98 Å². The van der Waals surface area contributed by atoms with E-state index < -0.39 is 19.3 Å². The van der Waals surface area contributed by atoms with Crippen LogP contribution in [0.25, 0.3) is 33.2 Å². The molecule has 0 amide bonds. The van der Waals surface area contributed by atoms with Crippen LogP contribution in [0.5, 0.6) is 17.2 Å². The van der Waals surface area contributed by atoms with Crippen molar-refractivity contribution in [2.24, 2.45) is 0 Å². The van der Waals surface area contributed by atoms with Crippen molar-refractivity contribution < 1.29 is 41.7 Å². The molecule has 0 aliphatic carbocycles. The van der Waals surface area contributed by atoms with Crippen molar-refractivity contribution in [2.75, 3.05) is 20.5 Å². The SMILES string of the molecule is CCOC(=O)OCOc1c(-c2ccc(-c3ccc(OC(F)(F)F)cc3)cc2)c(C)nc2cc(OC)c(Cl)cc12. The van der Waals surface area contributed by atoms with Crippen LogP contribution >= 0.6 is 11.6 Å². The predicted octanol–water partition coefficient (Wildman–Crippen LogP) is 7.95. The Labute approximate surface area is 227 Å². The third-order valence-electron chi connectivity index (χ3n) is 5.63. The largest absolute Gasteiger partial charge is 0.573 e. The molecule has 204 valence electrons. The van der Waals surface area contributed by atoms with Crippen molar-refractivity contribution in [3.8, 4) is 39.5 Å². The summed E-state index contributed by atoms with van der Waals surface area (Å²) < 4.78 is 62.4. The first-order chi connectivity index (χ1) is 18.6. The number of aryl methyl sites for hydroxylation is 1. The van der Waals surface area contributed by atoms with E-state index in [1.807, 2.05) is 31.2 Å². The Bertz CT molecular complexity index is 1470. The fourth-order valence-corrected chi connectivity index (χ4v) is 4.21. The van der Waals surface area contributed by atoms with Gasteiger partial charge in [-0.15, -0.1) is 13.2 Å². The Kier molecular flexibility index (Phi) is 8.35. The van der Waals surface area contributed by atoms with Gasteiger partial charge in [-0.3, -0.25) is 4.98 Å². The number of methoxy groups -OCH3 is 1. The van der Waals surface area contributed by atoms with Crippen molar-refractivity contribution in [1.29, 1.82) is 0 Å². The van der Waals surface area contributed by atoms with E-state index in [4.69, 9.17) is 35.5 Å². The van der Waals surface area contributed by atoms with Crippen LogP contribution < -0.4 is 14.2 Å². The number of hydrogen-bond donors (Lipinski definition) is 0. The normalized spacial score (nSPS) is 11.3. The number of nitrogens with zero attached hydrogens (tertiary/aromatic N) is 1. The number of hydrogen-bond acceptors (Lipinski definition) is 7. The maximum Gasteiger partial charge on any atom is 0.573 e. The molecule has 0 saturated carbocycles. The van der Waals surface area contributed by atoms with Gasteiger partial charge < -0.3 is 23.7 Å². The molecule has 0 aliphatic heterocycles. The lowest BCUT2D eigenvalue weighted by molar-refractivity contribution is -0.274. The van der Waals surface area contributed by atoms with Crippen molar-refractivity contribution in [3.63, 3.8) is 0 Å². The standard InChI is InChI=1S/C28H23ClF3NO6/c1-4-36-27(34)38-15-37-26-21-13-22(29)24(35-3)14-23(21)33-16(2)25(26)19-7-5-17(6-8-19)18-9-11-20(12-10-18)39-28(30,31)32/h5-14H,4,15H2,1-3H3. The number of ether oxygens (including phenoxy) is 5. The first kappa shape index (κ1) is 27.8. The van der Waals surface area contributed by atoms with Crippen molar-refractivity contribution >= 4 is 28.7 Å². The van der Waals surface area contributed by atoms with Gasteiger partial charge in [0.15, 0.2) is 0 Å². The molecule has 3 aromatic carbocycles. The van der Waals surface area contributed by atoms with Crippen LogP contribution in [0.1, 0.15) is 12.6 Å². The van der Waals surface area contributed by atoms with Crippen LogP contribution in [0.15, 0.2) is 60.7 Å². The molecule has 1 aromatic heterocycles. The average Bonchev–Trinajstić information content (AvgIpc) is 2.88. The fourth-order valence-electron chi connectivity index (χ4n) is 3.97. The molecule has 0 N–H and O–H groups in total. The van der Waals surface area contributed by atoms with Crippen LogP contribution in [0.4, 0.5) is 18.0 Å². The Balaban J connectivity index is 1.71. The topological polar surface area (TPSA) is 76.1 Å². The van der Waals surface area contributed by atoms with Gasteiger partial charge in [-0.1, -0.05) is 48.0 Å². The first-order valence-corrected chi connectivity index (χ1v) is 12.0. The quantitative estimate of drug-likeness (QED) is 0.160. The first-order valence-electron chi connectivity index (χ1n) is 11.7. The van der Waals surface area contributed by atoms with E-state index in [0.717, 1.165) is 11.1 Å². The second-order valence-electron chi connectivity index (χ2n) is 8.14. The molecule has 1 heterocycles. The van der Waals surface area contributed by atoms with Gasteiger partial charge in [0.2, 0.25) is 6.79 Å².